The summed E-state index contributed by atoms with van der Waals surface area (Å²) in [5.74, 6) is -2.69. The number of carboxylic acid groups (broad SMARTS) is 1. The Balaban J connectivity index is 1.70. The van der Waals surface area contributed by atoms with E-state index in [1.54, 1.807) is 31.2 Å². The van der Waals surface area contributed by atoms with Crippen LogP contribution in [0, 0.1) is 0 Å². The van der Waals surface area contributed by atoms with Gasteiger partial charge in [-0.2, -0.15) is 0 Å². The van der Waals surface area contributed by atoms with Crippen LogP contribution in [0.15, 0.2) is 24.3 Å². The minimum Gasteiger partial charge on any atom is -0.480 e. The predicted molar refractivity (Wildman–Crippen MR) is 89.5 cm³/mol. The standard InChI is InChI=1S/C16H13ClN2O5S/c1-16(6-17)10(15(23)24)19-13(22)9(14(19)25-16)18-11(20)7-4-2-3-5-8(7)12(18)21/h2-5,9-10,14H,6H2,1H3,(H,23,24)/t9?,10?,14-,16+/m1/s1. The number of β-lactam (4-membered cyclic amide) rings is 1. The number of aliphatic carboxylic acids is 1. The quantitative estimate of drug-likeness (QED) is 0.478. The second-order valence-corrected chi connectivity index (χ2v) is 8.33. The number of hydrogen-bond acceptors (Lipinski definition) is 5. The Kier molecular flexibility index (Phi) is 3.42. The number of imide groups is 1. The third kappa shape index (κ3) is 1.95. The highest BCUT2D eigenvalue weighted by molar-refractivity contribution is 8.01. The molecule has 2 fully saturated rings. The number of rotatable bonds is 3. The maximum absolute atomic E-state index is 12.7. The number of carboxylic acids is 1. The van der Waals surface area contributed by atoms with Crippen molar-refractivity contribution in [2.45, 2.75) is 29.1 Å². The van der Waals surface area contributed by atoms with Gasteiger partial charge in [0, 0.05) is 5.88 Å². The van der Waals surface area contributed by atoms with Crippen molar-refractivity contribution in [3.05, 3.63) is 35.4 Å². The predicted octanol–water partition coefficient (Wildman–Crippen LogP) is 1.02. The molecular weight excluding hydrogens is 368 g/mol. The highest BCUT2D eigenvalue weighted by Gasteiger charge is 2.68. The Morgan fingerprint density at radius 2 is 1.80 bits per heavy atom. The molecule has 3 aliphatic rings. The summed E-state index contributed by atoms with van der Waals surface area (Å²) in [5.41, 5.74) is 0.522. The molecular formula is C16H13ClN2O5S. The maximum Gasteiger partial charge on any atom is 0.327 e. The molecule has 0 aromatic heterocycles. The highest BCUT2D eigenvalue weighted by atomic mass is 35.5. The number of fused-ring (bicyclic) bond motifs is 2. The molecule has 1 aromatic rings. The molecule has 3 heterocycles. The van der Waals surface area contributed by atoms with Crippen molar-refractivity contribution >= 4 is 47.1 Å². The second-order valence-electron chi connectivity index (χ2n) is 6.41. The summed E-state index contributed by atoms with van der Waals surface area (Å²) >= 11 is 7.19. The lowest BCUT2D eigenvalue weighted by atomic mass is 9.95. The average Bonchev–Trinajstić information content (AvgIpc) is 3.01. The van der Waals surface area contributed by atoms with Crippen molar-refractivity contribution in [3.63, 3.8) is 0 Å². The largest absolute Gasteiger partial charge is 0.480 e. The molecule has 130 valence electrons. The summed E-state index contributed by atoms with van der Waals surface area (Å²) in [5, 5.41) is 8.91. The number of thioether (sulfide) groups is 1. The molecule has 2 unspecified atom stereocenters. The summed E-state index contributed by atoms with van der Waals surface area (Å²) in [6.07, 6.45) is 0. The molecule has 4 atom stereocenters. The fourth-order valence-corrected chi connectivity index (χ4v) is 5.68. The van der Waals surface area contributed by atoms with E-state index in [1.165, 1.54) is 16.7 Å². The SMILES string of the molecule is C[C@@]1(CCl)S[C@@H]2C(N3C(=O)c4ccccc4C3=O)C(=O)N2C1C(=O)O. The summed E-state index contributed by atoms with van der Waals surface area (Å²) in [6, 6.07) is 4.31. The normalized spacial score (nSPS) is 33.4. The lowest BCUT2D eigenvalue weighted by Gasteiger charge is -2.46. The Hall–Kier alpha value is -2.06. The molecule has 3 amide bonds. The van der Waals surface area contributed by atoms with Gasteiger partial charge in [-0.25, -0.2) is 4.79 Å². The zero-order chi connectivity index (χ0) is 18.1. The van der Waals surface area contributed by atoms with E-state index < -0.39 is 45.9 Å². The van der Waals surface area contributed by atoms with Crippen molar-refractivity contribution < 1.29 is 24.3 Å². The summed E-state index contributed by atoms with van der Waals surface area (Å²) in [4.78, 5) is 51.7. The number of amides is 3. The molecule has 25 heavy (non-hydrogen) atoms. The van der Waals surface area contributed by atoms with Gasteiger partial charge in [-0.1, -0.05) is 12.1 Å². The van der Waals surface area contributed by atoms with Crippen LogP contribution in [-0.4, -0.2) is 66.7 Å². The topological polar surface area (TPSA) is 95.0 Å². The van der Waals surface area contributed by atoms with Gasteiger partial charge in [-0.15, -0.1) is 23.4 Å². The van der Waals surface area contributed by atoms with Crippen LogP contribution in [0.4, 0.5) is 0 Å². The van der Waals surface area contributed by atoms with Gasteiger partial charge in [0.2, 0.25) is 0 Å². The first-order valence-electron chi connectivity index (χ1n) is 7.57. The van der Waals surface area contributed by atoms with Crippen LogP contribution in [-0.2, 0) is 9.59 Å². The van der Waals surface area contributed by atoms with Gasteiger partial charge in [-0.3, -0.25) is 19.3 Å². The number of carbonyl (C=O) groups is 4. The first-order valence-corrected chi connectivity index (χ1v) is 8.99. The van der Waals surface area contributed by atoms with Crippen molar-refractivity contribution in [2.24, 2.45) is 0 Å². The van der Waals surface area contributed by atoms with Gasteiger partial charge in [0.1, 0.15) is 17.5 Å². The van der Waals surface area contributed by atoms with Gasteiger partial charge in [0.25, 0.3) is 17.7 Å². The molecule has 9 heteroatoms. The Morgan fingerprint density at radius 3 is 2.28 bits per heavy atom. The van der Waals surface area contributed by atoms with Gasteiger partial charge < -0.3 is 10.0 Å². The summed E-state index contributed by atoms with van der Waals surface area (Å²) in [6.45, 7) is 1.68. The number of hydrogen-bond donors (Lipinski definition) is 1. The zero-order valence-electron chi connectivity index (χ0n) is 13.0. The molecule has 1 aromatic carbocycles. The molecule has 0 spiro atoms. The molecule has 3 aliphatic heterocycles. The van der Waals surface area contributed by atoms with Crippen LogP contribution >= 0.6 is 23.4 Å². The molecule has 0 aliphatic carbocycles. The number of carbonyl (C=O) groups excluding carboxylic acids is 3. The molecule has 7 nitrogen and oxygen atoms in total. The first-order chi connectivity index (χ1) is 11.8. The average molecular weight is 381 g/mol. The molecule has 1 N–H and O–H groups in total. The van der Waals surface area contributed by atoms with Crippen molar-refractivity contribution in [1.82, 2.24) is 9.80 Å². The fourth-order valence-electron chi connectivity index (χ4n) is 3.68. The van der Waals surface area contributed by atoms with E-state index in [-0.39, 0.29) is 17.0 Å². The smallest absolute Gasteiger partial charge is 0.327 e. The van der Waals surface area contributed by atoms with Crippen LogP contribution in [0.2, 0.25) is 0 Å². The van der Waals surface area contributed by atoms with E-state index >= 15 is 0 Å². The van der Waals surface area contributed by atoms with Gasteiger partial charge in [0.15, 0.2) is 0 Å². The second kappa shape index (κ2) is 5.22. The monoisotopic (exact) mass is 380 g/mol. The van der Waals surface area contributed by atoms with Crippen molar-refractivity contribution in [3.8, 4) is 0 Å². The lowest BCUT2D eigenvalue weighted by molar-refractivity contribution is -0.162. The van der Waals surface area contributed by atoms with Crippen LogP contribution in [0.1, 0.15) is 27.6 Å². The Labute approximate surface area is 151 Å². The minimum atomic E-state index is -1.15. The molecule has 0 radical (unpaired) electrons. The maximum atomic E-state index is 12.7. The summed E-state index contributed by atoms with van der Waals surface area (Å²) < 4.78 is -0.888. The Bertz CT molecular complexity index is 811. The third-order valence-electron chi connectivity index (χ3n) is 4.90. The number of halogens is 1. The highest BCUT2D eigenvalue weighted by Crippen LogP contribution is 2.53. The van der Waals surface area contributed by atoms with E-state index in [4.69, 9.17) is 11.6 Å². The third-order valence-corrected chi connectivity index (χ3v) is 7.25. The van der Waals surface area contributed by atoms with Gasteiger partial charge >= 0.3 is 5.97 Å². The van der Waals surface area contributed by atoms with E-state index in [9.17, 15) is 24.3 Å². The van der Waals surface area contributed by atoms with E-state index in [2.05, 4.69) is 0 Å². The minimum absolute atomic E-state index is 0.0315. The van der Waals surface area contributed by atoms with Crippen LogP contribution < -0.4 is 0 Å². The molecule has 0 saturated carbocycles. The van der Waals surface area contributed by atoms with E-state index in [0.29, 0.717) is 0 Å². The van der Waals surface area contributed by atoms with Gasteiger partial charge in [-0.05, 0) is 19.1 Å². The van der Waals surface area contributed by atoms with Crippen molar-refractivity contribution in [2.75, 3.05) is 5.88 Å². The Morgan fingerprint density at radius 1 is 1.24 bits per heavy atom. The van der Waals surface area contributed by atoms with Crippen LogP contribution in [0.5, 0.6) is 0 Å². The molecule has 0 bridgehead atoms. The summed E-state index contributed by atoms with van der Waals surface area (Å²) in [7, 11) is 0. The lowest BCUT2D eigenvalue weighted by Crippen LogP contribution is -2.71. The van der Waals surface area contributed by atoms with Crippen molar-refractivity contribution in [1.29, 1.82) is 0 Å². The zero-order valence-corrected chi connectivity index (χ0v) is 14.6. The van der Waals surface area contributed by atoms with Crippen LogP contribution in [0.25, 0.3) is 0 Å². The van der Waals surface area contributed by atoms with Gasteiger partial charge in [0.05, 0.1) is 15.9 Å². The number of alkyl halides is 1. The van der Waals surface area contributed by atoms with Crippen LogP contribution in [0.3, 0.4) is 0 Å². The molecule has 4 rings (SSSR count). The number of benzene rings is 1. The van der Waals surface area contributed by atoms with E-state index in [1.807, 2.05) is 0 Å². The first kappa shape index (κ1) is 16.4. The molecule has 2 saturated heterocycles. The number of nitrogens with zero attached hydrogens (tertiary/aromatic N) is 2. The fraction of sp³-hybridized carbons (Fsp3) is 0.375. The van der Waals surface area contributed by atoms with E-state index in [0.717, 1.165) is 4.90 Å².